The Morgan fingerprint density at radius 3 is 2.36 bits per heavy atom. The van der Waals surface area contributed by atoms with E-state index in [0.717, 1.165) is 18.2 Å². The second-order valence-corrected chi connectivity index (χ2v) is 6.81. The molecule has 0 aliphatic carbocycles. The number of benzene rings is 2. The molecular weight excluding hydrogens is 411 g/mol. The van der Waals surface area contributed by atoms with Crippen molar-refractivity contribution in [1.82, 2.24) is 4.90 Å². The Morgan fingerprint density at radius 2 is 1.75 bits per heavy atom. The van der Waals surface area contributed by atoms with Gasteiger partial charge in [-0.1, -0.05) is 36.2 Å². The maximum Gasteiger partial charge on any atom is 0.241 e. The summed E-state index contributed by atoms with van der Waals surface area (Å²) < 4.78 is 27.0. The Bertz CT molecular complexity index is 860. The van der Waals surface area contributed by atoms with Gasteiger partial charge in [0.15, 0.2) is 0 Å². The van der Waals surface area contributed by atoms with Gasteiger partial charge in [0.25, 0.3) is 0 Å². The summed E-state index contributed by atoms with van der Waals surface area (Å²) in [6, 6.07) is 6.82. The lowest BCUT2D eigenvalue weighted by Gasteiger charge is -2.26. The fourth-order valence-corrected chi connectivity index (χ4v) is 2.99. The quantitative estimate of drug-likeness (QED) is 0.677. The van der Waals surface area contributed by atoms with Crippen molar-refractivity contribution in [1.29, 1.82) is 0 Å². The van der Waals surface area contributed by atoms with Gasteiger partial charge in [-0.25, -0.2) is 8.78 Å². The van der Waals surface area contributed by atoms with Crippen molar-refractivity contribution < 1.29 is 18.4 Å². The summed E-state index contributed by atoms with van der Waals surface area (Å²) in [6.07, 6.45) is 0. The molecule has 2 rings (SSSR count). The van der Waals surface area contributed by atoms with E-state index in [1.165, 1.54) is 0 Å². The Morgan fingerprint density at radius 1 is 1.11 bits per heavy atom. The number of anilines is 2. The minimum Gasteiger partial charge on any atom is -0.322 e. The maximum absolute atomic E-state index is 13.7. The van der Waals surface area contributed by atoms with Crippen molar-refractivity contribution in [2.75, 3.05) is 23.7 Å². The molecule has 0 fully saturated rings. The zero-order valence-electron chi connectivity index (χ0n) is 15.2. The van der Waals surface area contributed by atoms with E-state index in [1.54, 1.807) is 36.9 Å². The zero-order valence-corrected chi connectivity index (χ0v) is 16.7. The molecule has 0 heterocycles. The van der Waals surface area contributed by atoms with Gasteiger partial charge in [0.2, 0.25) is 11.8 Å². The molecule has 28 heavy (non-hydrogen) atoms. The lowest BCUT2D eigenvalue weighted by atomic mass is 10.2. The SMILES string of the molecule is CCN(CC(=O)Nc1c(Cl)cccc1Cl)C(C)C(=O)Nc1cc(F)ccc1F. The third kappa shape index (κ3) is 5.64. The van der Waals surface area contributed by atoms with E-state index in [4.69, 9.17) is 23.2 Å². The van der Waals surface area contributed by atoms with Gasteiger partial charge >= 0.3 is 0 Å². The average molecular weight is 430 g/mol. The standard InChI is InChI=1S/C19H19Cl2F2N3O2/c1-3-26(10-17(27)25-18-13(20)5-4-6-14(18)21)11(2)19(28)24-16-9-12(22)7-8-15(16)23/h4-9,11H,3,10H2,1-2H3,(H,24,28)(H,25,27). The molecule has 5 nitrogen and oxygen atoms in total. The second-order valence-electron chi connectivity index (χ2n) is 6.00. The van der Waals surface area contributed by atoms with Crippen LogP contribution in [0.2, 0.25) is 10.0 Å². The maximum atomic E-state index is 13.7. The van der Waals surface area contributed by atoms with Gasteiger partial charge in [-0.05, 0) is 37.7 Å². The molecule has 0 spiro atoms. The molecule has 150 valence electrons. The summed E-state index contributed by atoms with van der Waals surface area (Å²) in [5.74, 6) is -2.42. The van der Waals surface area contributed by atoms with Crippen molar-refractivity contribution in [3.63, 3.8) is 0 Å². The number of nitrogens with one attached hydrogen (secondary N) is 2. The van der Waals surface area contributed by atoms with E-state index in [1.807, 2.05) is 0 Å². The van der Waals surface area contributed by atoms with Crippen LogP contribution in [0.15, 0.2) is 36.4 Å². The first-order chi connectivity index (χ1) is 13.2. The van der Waals surface area contributed by atoms with Crippen LogP contribution in [0.5, 0.6) is 0 Å². The molecule has 0 saturated carbocycles. The third-order valence-electron chi connectivity index (χ3n) is 4.09. The third-order valence-corrected chi connectivity index (χ3v) is 4.72. The Labute approximate surface area is 171 Å². The van der Waals surface area contributed by atoms with Crippen molar-refractivity contribution in [2.24, 2.45) is 0 Å². The smallest absolute Gasteiger partial charge is 0.241 e. The van der Waals surface area contributed by atoms with Gasteiger partial charge in [-0.15, -0.1) is 0 Å². The van der Waals surface area contributed by atoms with Crippen LogP contribution < -0.4 is 10.6 Å². The lowest BCUT2D eigenvalue weighted by molar-refractivity contribution is -0.123. The normalized spacial score (nSPS) is 12.0. The molecule has 9 heteroatoms. The molecule has 2 N–H and O–H groups in total. The summed E-state index contributed by atoms with van der Waals surface area (Å²) in [5.41, 5.74) is 0.0195. The van der Waals surface area contributed by atoms with Crippen molar-refractivity contribution in [3.8, 4) is 0 Å². The predicted octanol–water partition coefficient (Wildman–Crippen LogP) is 4.56. The molecule has 0 aliphatic rings. The number of hydrogen-bond donors (Lipinski definition) is 2. The molecule has 2 aromatic rings. The highest BCUT2D eigenvalue weighted by Gasteiger charge is 2.23. The van der Waals surface area contributed by atoms with Crippen LogP contribution in [0.3, 0.4) is 0 Å². The fraction of sp³-hybridized carbons (Fsp3) is 0.263. The van der Waals surface area contributed by atoms with Crippen LogP contribution in [0, 0.1) is 11.6 Å². The molecule has 0 bridgehead atoms. The first kappa shape index (κ1) is 22.1. The van der Waals surface area contributed by atoms with Crippen LogP contribution in [-0.4, -0.2) is 35.8 Å². The monoisotopic (exact) mass is 429 g/mol. The molecule has 1 unspecified atom stereocenters. The minimum absolute atomic E-state index is 0.127. The number of hydrogen-bond acceptors (Lipinski definition) is 3. The number of carbonyl (C=O) groups excluding carboxylic acids is 2. The van der Waals surface area contributed by atoms with E-state index in [-0.39, 0.29) is 28.0 Å². The highest BCUT2D eigenvalue weighted by Crippen LogP contribution is 2.29. The van der Waals surface area contributed by atoms with Crippen LogP contribution in [0.25, 0.3) is 0 Å². The molecule has 0 radical (unpaired) electrons. The summed E-state index contributed by atoms with van der Waals surface area (Å²) in [7, 11) is 0. The summed E-state index contributed by atoms with van der Waals surface area (Å²) in [5, 5.41) is 5.53. The van der Waals surface area contributed by atoms with E-state index < -0.39 is 29.5 Å². The molecular formula is C19H19Cl2F2N3O2. The highest BCUT2D eigenvalue weighted by atomic mass is 35.5. The second kappa shape index (κ2) is 9.82. The van der Waals surface area contributed by atoms with Gasteiger partial charge in [0.1, 0.15) is 11.6 Å². The van der Waals surface area contributed by atoms with Crippen LogP contribution >= 0.6 is 23.2 Å². The van der Waals surface area contributed by atoms with E-state index in [0.29, 0.717) is 6.54 Å². The first-order valence-electron chi connectivity index (χ1n) is 8.46. The summed E-state index contributed by atoms with van der Waals surface area (Å²) in [6.45, 7) is 3.57. The van der Waals surface area contributed by atoms with Crippen LogP contribution in [0.4, 0.5) is 20.2 Å². The number of likely N-dealkylation sites (N-methyl/N-ethyl adjacent to an activating group) is 1. The summed E-state index contributed by atoms with van der Waals surface area (Å²) in [4.78, 5) is 26.3. The molecule has 2 amide bonds. The molecule has 0 aromatic heterocycles. The topological polar surface area (TPSA) is 61.4 Å². The van der Waals surface area contributed by atoms with Crippen molar-refractivity contribution >= 4 is 46.4 Å². The molecule has 0 saturated heterocycles. The van der Waals surface area contributed by atoms with E-state index in [9.17, 15) is 18.4 Å². The number of para-hydroxylation sites is 1. The van der Waals surface area contributed by atoms with Gasteiger partial charge in [0.05, 0.1) is 34.0 Å². The number of halogens is 4. The van der Waals surface area contributed by atoms with Gasteiger partial charge < -0.3 is 10.6 Å². The van der Waals surface area contributed by atoms with Crippen molar-refractivity contribution in [2.45, 2.75) is 19.9 Å². The van der Waals surface area contributed by atoms with E-state index >= 15 is 0 Å². The summed E-state index contributed by atoms with van der Waals surface area (Å²) >= 11 is 12.1. The Balaban J connectivity index is 2.04. The molecule has 0 aliphatic heterocycles. The predicted molar refractivity (Wildman–Crippen MR) is 107 cm³/mol. The first-order valence-corrected chi connectivity index (χ1v) is 9.22. The molecule has 1 atom stereocenters. The van der Waals surface area contributed by atoms with Crippen LogP contribution in [-0.2, 0) is 9.59 Å². The van der Waals surface area contributed by atoms with Crippen LogP contribution in [0.1, 0.15) is 13.8 Å². The van der Waals surface area contributed by atoms with Crippen molar-refractivity contribution in [3.05, 3.63) is 58.1 Å². The number of rotatable bonds is 7. The largest absolute Gasteiger partial charge is 0.322 e. The Hall–Kier alpha value is -2.22. The number of nitrogens with zero attached hydrogens (tertiary/aromatic N) is 1. The average Bonchev–Trinajstić information content (AvgIpc) is 2.65. The van der Waals surface area contributed by atoms with Gasteiger partial charge in [-0.3, -0.25) is 14.5 Å². The molecule has 2 aromatic carbocycles. The number of amides is 2. The number of carbonyl (C=O) groups is 2. The zero-order chi connectivity index (χ0) is 20.8. The Kier molecular flexibility index (Phi) is 7.74. The van der Waals surface area contributed by atoms with Gasteiger partial charge in [0, 0.05) is 6.07 Å². The fourth-order valence-electron chi connectivity index (χ4n) is 2.50. The highest BCUT2D eigenvalue weighted by molar-refractivity contribution is 6.39. The van der Waals surface area contributed by atoms with Gasteiger partial charge in [-0.2, -0.15) is 0 Å². The lowest BCUT2D eigenvalue weighted by Crippen LogP contribution is -2.45. The minimum atomic E-state index is -0.778. The van der Waals surface area contributed by atoms with E-state index in [2.05, 4.69) is 10.6 Å².